The van der Waals surface area contributed by atoms with Crippen molar-refractivity contribution < 1.29 is 5.11 Å². The molecule has 0 saturated carbocycles. The van der Waals surface area contributed by atoms with E-state index in [2.05, 4.69) is 5.32 Å². The molecular weight excluding hydrogens is 186 g/mol. The Balaban J connectivity index is 3.20. The second-order valence-corrected chi connectivity index (χ2v) is 2.92. The van der Waals surface area contributed by atoms with Crippen LogP contribution in [-0.2, 0) is 14.1 Å². The molecule has 14 heavy (non-hydrogen) atoms. The molecule has 0 fully saturated rings. The molecule has 1 rings (SSSR count). The highest BCUT2D eigenvalue weighted by Crippen LogP contribution is 1.96. The Morgan fingerprint density at radius 3 is 2.57 bits per heavy atom. The van der Waals surface area contributed by atoms with E-state index in [9.17, 15) is 9.59 Å². The summed E-state index contributed by atoms with van der Waals surface area (Å²) in [7, 11) is 2.97. The van der Waals surface area contributed by atoms with Gasteiger partial charge in [-0.05, 0) is 0 Å². The van der Waals surface area contributed by atoms with Gasteiger partial charge in [0.15, 0.2) is 0 Å². The molecular formula is C8H13N3O3. The van der Waals surface area contributed by atoms with Gasteiger partial charge < -0.3 is 10.4 Å². The third-order valence-electron chi connectivity index (χ3n) is 1.94. The van der Waals surface area contributed by atoms with Gasteiger partial charge in [-0.25, -0.2) is 4.79 Å². The summed E-state index contributed by atoms with van der Waals surface area (Å²) in [6.45, 7) is 0.254. The Morgan fingerprint density at radius 1 is 1.36 bits per heavy atom. The number of hydrogen-bond donors (Lipinski definition) is 2. The van der Waals surface area contributed by atoms with Crippen molar-refractivity contribution in [2.24, 2.45) is 14.1 Å². The van der Waals surface area contributed by atoms with Crippen LogP contribution in [0.5, 0.6) is 0 Å². The standard InChI is InChI=1S/C8H13N3O3/c1-10-6(9-3-4-12)5-7(13)11(2)8(10)14/h5,9,12H,3-4H2,1-2H3. The number of aliphatic hydroxyl groups is 1. The molecule has 0 aliphatic carbocycles. The predicted molar refractivity (Wildman–Crippen MR) is 52.5 cm³/mol. The summed E-state index contributed by atoms with van der Waals surface area (Å²) in [6, 6.07) is 1.32. The predicted octanol–water partition coefficient (Wildman–Crippen LogP) is -1.51. The van der Waals surface area contributed by atoms with E-state index in [1.54, 1.807) is 7.05 Å². The van der Waals surface area contributed by atoms with E-state index in [1.807, 2.05) is 0 Å². The van der Waals surface area contributed by atoms with E-state index in [0.29, 0.717) is 12.4 Å². The van der Waals surface area contributed by atoms with Gasteiger partial charge in [-0.15, -0.1) is 0 Å². The zero-order valence-corrected chi connectivity index (χ0v) is 8.15. The van der Waals surface area contributed by atoms with Crippen LogP contribution in [0.15, 0.2) is 15.7 Å². The molecule has 2 N–H and O–H groups in total. The first-order valence-corrected chi connectivity index (χ1v) is 4.19. The summed E-state index contributed by atoms with van der Waals surface area (Å²) in [6.07, 6.45) is 0. The molecule has 0 aliphatic heterocycles. The molecule has 0 unspecified atom stereocenters. The Kier molecular flexibility index (Phi) is 3.08. The summed E-state index contributed by atoms with van der Waals surface area (Å²) in [5, 5.41) is 11.3. The molecule has 6 nitrogen and oxygen atoms in total. The van der Waals surface area contributed by atoms with Crippen LogP contribution in [0.4, 0.5) is 5.82 Å². The lowest BCUT2D eigenvalue weighted by Gasteiger charge is -2.10. The van der Waals surface area contributed by atoms with Crippen molar-refractivity contribution in [2.75, 3.05) is 18.5 Å². The largest absolute Gasteiger partial charge is 0.395 e. The molecule has 0 radical (unpaired) electrons. The first-order chi connectivity index (χ1) is 6.57. The minimum Gasteiger partial charge on any atom is -0.395 e. The third kappa shape index (κ3) is 1.85. The molecule has 78 valence electrons. The molecule has 6 heteroatoms. The number of hydrogen-bond acceptors (Lipinski definition) is 4. The van der Waals surface area contributed by atoms with Gasteiger partial charge in [0.2, 0.25) is 0 Å². The SMILES string of the molecule is Cn1c(NCCO)cc(=O)n(C)c1=O. The summed E-state index contributed by atoms with van der Waals surface area (Å²) in [4.78, 5) is 22.6. The lowest BCUT2D eigenvalue weighted by Crippen LogP contribution is -2.37. The second-order valence-electron chi connectivity index (χ2n) is 2.92. The minimum absolute atomic E-state index is 0.0522. The first kappa shape index (κ1) is 10.5. The van der Waals surface area contributed by atoms with Crippen LogP contribution in [-0.4, -0.2) is 27.4 Å². The van der Waals surface area contributed by atoms with Crippen molar-refractivity contribution in [3.05, 3.63) is 26.9 Å². The second kappa shape index (κ2) is 4.10. The summed E-state index contributed by atoms with van der Waals surface area (Å²) in [5.74, 6) is 0.409. The molecule has 1 aromatic heterocycles. The van der Waals surface area contributed by atoms with E-state index in [4.69, 9.17) is 5.11 Å². The van der Waals surface area contributed by atoms with Gasteiger partial charge in [-0.2, -0.15) is 0 Å². The normalized spacial score (nSPS) is 10.2. The van der Waals surface area contributed by atoms with Crippen LogP contribution < -0.4 is 16.6 Å². The smallest absolute Gasteiger partial charge is 0.332 e. The quantitative estimate of drug-likeness (QED) is 0.620. The van der Waals surface area contributed by atoms with E-state index in [1.165, 1.54) is 17.7 Å². The number of anilines is 1. The van der Waals surface area contributed by atoms with Crippen LogP contribution >= 0.6 is 0 Å². The highest BCUT2D eigenvalue weighted by atomic mass is 16.3. The monoisotopic (exact) mass is 199 g/mol. The van der Waals surface area contributed by atoms with Crippen molar-refractivity contribution in [1.82, 2.24) is 9.13 Å². The molecule has 0 saturated heterocycles. The highest BCUT2D eigenvalue weighted by molar-refractivity contribution is 5.33. The van der Waals surface area contributed by atoms with Gasteiger partial charge in [0.1, 0.15) is 5.82 Å². The van der Waals surface area contributed by atoms with Crippen molar-refractivity contribution in [3.8, 4) is 0 Å². The van der Waals surface area contributed by atoms with Crippen molar-refractivity contribution in [1.29, 1.82) is 0 Å². The lowest BCUT2D eigenvalue weighted by molar-refractivity contribution is 0.310. The first-order valence-electron chi connectivity index (χ1n) is 4.19. The summed E-state index contributed by atoms with van der Waals surface area (Å²) < 4.78 is 2.33. The average Bonchev–Trinajstić information content (AvgIpc) is 2.18. The highest BCUT2D eigenvalue weighted by Gasteiger charge is 2.03. The lowest BCUT2D eigenvalue weighted by atomic mass is 10.5. The van der Waals surface area contributed by atoms with Gasteiger partial charge in [-0.1, -0.05) is 0 Å². The Hall–Kier alpha value is -1.56. The summed E-state index contributed by atoms with van der Waals surface area (Å²) in [5.41, 5.74) is -0.758. The Labute approximate surface area is 80.4 Å². The van der Waals surface area contributed by atoms with Crippen LogP contribution in [0.2, 0.25) is 0 Å². The molecule has 0 amide bonds. The van der Waals surface area contributed by atoms with Crippen molar-refractivity contribution in [3.63, 3.8) is 0 Å². The number of nitrogens with one attached hydrogen (secondary N) is 1. The van der Waals surface area contributed by atoms with Crippen molar-refractivity contribution >= 4 is 5.82 Å². The fourth-order valence-electron chi connectivity index (χ4n) is 1.09. The summed E-state index contributed by atoms with van der Waals surface area (Å²) >= 11 is 0. The maximum atomic E-state index is 11.4. The zero-order valence-electron chi connectivity index (χ0n) is 8.15. The van der Waals surface area contributed by atoms with E-state index >= 15 is 0 Å². The van der Waals surface area contributed by atoms with Gasteiger partial charge in [0.25, 0.3) is 5.56 Å². The van der Waals surface area contributed by atoms with E-state index in [-0.39, 0.29) is 12.2 Å². The maximum absolute atomic E-state index is 11.4. The maximum Gasteiger partial charge on any atom is 0.332 e. The third-order valence-corrected chi connectivity index (χ3v) is 1.94. The average molecular weight is 199 g/mol. The topological polar surface area (TPSA) is 76.3 Å². The van der Waals surface area contributed by atoms with Crippen LogP contribution in [0.3, 0.4) is 0 Å². The van der Waals surface area contributed by atoms with Crippen LogP contribution in [0.1, 0.15) is 0 Å². The fourth-order valence-corrected chi connectivity index (χ4v) is 1.09. The van der Waals surface area contributed by atoms with Gasteiger partial charge in [0.05, 0.1) is 6.61 Å². The Bertz CT molecular complexity index is 432. The number of aliphatic hydroxyl groups excluding tert-OH is 1. The number of nitrogens with zero attached hydrogens (tertiary/aromatic N) is 2. The Morgan fingerprint density at radius 2 is 2.00 bits per heavy atom. The van der Waals surface area contributed by atoms with Crippen LogP contribution in [0.25, 0.3) is 0 Å². The van der Waals surface area contributed by atoms with Crippen molar-refractivity contribution in [2.45, 2.75) is 0 Å². The molecule has 0 atom stereocenters. The molecule has 0 aliphatic rings. The van der Waals surface area contributed by atoms with Gasteiger partial charge >= 0.3 is 5.69 Å². The van der Waals surface area contributed by atoms with E-state index < -0.39 is 5.69 Å². The molecule has 1 aromatic rings. The molecule has 1 heterocycles. The molecule has 0 aromatic carbocycles. The number of aromatic nitrogens is 2. The fraction of sp³-hybridized carbons (Fsp3) is 0.500. The molecule has 0 spiro atoms. The van der Waals surface area contributed by atoms with Gasteiger partial charge in [-0.3, -0.25) is 13.9 Å². The number of rotatable bonds is 3. The zero-order chi connectivity index (χ0) is 10.7. The minimum atomic E-state index is -0.391. The van der Waals surface area contributed by atoms with Crippen LogP contribution in [0, 0.1) is 0 Å². The molecule has 0 bridgehead atoms. The van der Waals surface area contributed by atoms with Gasteiger partial charge in [0, 0.05) is 26.7 Å². The van der Waals surface area contributed by atoms with E-state index in [0.717, 1.165) is 4.57 Å².